The third kappa shape index (κ3) is 6.95. The van der Waals surface area contributed by atoms with Crippen molar-refractivity contribution in [3.63, 3.8) is 0 Å². The molecule has 0 aromatic heterocycles. The molecule has 6 atom stereocenters. The zero-order chi connectivity index (χ0) is 35.2. The number of hydrogen-bond acceptors (Lipinski definition) is 7. The summed E-state index contributed by atoms with van der Waals surface area (Å²) in [6.07, 6.45) is 8.54. The molecule has 264 valence electrons. The monoisotopic (exact) mass is 780 g/mol. The van der Waals surface area contributed by atoms with E-state index >= 15 is 0 Å². The van der Waals surface area contributed by atoms with E-state index in [0.717, 1.165) is 42.3 Å². The maximum Gasteiger partial charge on any atom is 0.338 e. The smallest absolute Gasteiger partial charge is 0.338 e. The second-order valence-electron chi connectivity index (χ2n) is 14.5. The number of esters is 1. The van der Waals surface area contributed by atoms with Crippen molar-refractivity contribution in [3.8, 4) is 5.75 Å². The van der Waals surface area contributed by atoms with Crippen LogP contribution in [0.2, 0.25) is 5.02 Å². The molecule has 11 heteroatoms. The molecule has 4 aliphatic rings. The summed E-state index contributed by atoms with van der Waals surface area (Å²) >= 11 is 9.88. The first-order valence-electron chi connectivity index (χ1n) is 17.4. The fraction of sp³-hybridized carbons (Fsp3) is 0.436. The molecule has 1 spiro atoms. The Morgan fingerprint density at radius 1 is 1.08 bits per heavy atom. The van der Waals surface area contributed by atoms with E-state index in [2.05, 4.69) is 37.7 Å². The molecular formula is C39H42BrClN2O6S. The van der Waals surface area contributed by atoms with Crippen molar-refractivity contribution in [2.45, 2.75) is 69.1 Å². The number of aryl methyl sites for hydroxylation is 1. The third-order valence-corrected chi connectivity index (χ3v) is 14.0. The van der Waals surface area contributed by atoms with Gasteiger partial charge in [-0.15, -0.1) is 0 Å². The Balaban J connectivity index is 1.28. The lowest BCUT2D eigenvalue weighted by Crippen LogP contribution is -2.50. The van der Waals surface area contributed by atoms with Crippen LogP contribution in [0.25, 0.3) is 0 Å². The fourth-order valence-corrected chi connectivity index (χ4v) is 9.79. The van der Waals surface area contributed by atoms with E-state index in [1.54, 1.807) is 37.3 Å². The SMILES string of the molecule is C[C@@H]1[C@@H](C)C/C=C/[C@H](OC(=O)c2ccc(Br)cc2)[C@@H]2CC[C@H]2CN2C[C@@]3(CCCc4cc(Cl)ccc43)COc3ccc(cc32)C(=O)NS1(=O)=O. The van der Waals surface area contributed by atoms with Crippen LogP contribution in [0.15, 0.2) is 77.3 Å². The molecule has 2 aliphatic carbocycles. The average molecular weight is 782 g/mol. The molecular weight excluding hydrogens is 740 g/mol. The number of nitrogens with zero attached hydrogens (tertiary/aromatic N) is 1. The van der Waals surface area contributed by atoms with Crippen LogP contribution in [-0.2, 0) is 26.6 Å². The maximum atomic E-state index is 13.5. The van der Waals surface area contributed by atoms with E-state index < -0.39 is 33.3 Å². The molecule has 2 bridgehead atoms. The Bertz CT molecular complexity index is 1930. The van der Waals surface area contributed by atoms with Crippen LogP contribution >= 0.6 is 27.5 Å². The summed E-state index contributed by atoms with van der Waals surface area (Å²) in [6, 6.07) is 18.5. The lowest BCUT2D eigenvalue weighted by Gasteiger charge is -2.46. The molecule has 1 amide bonds. The van der Waals surface area contributed by atoms with Gasteiger partial charge in [0, 0.05) is 39.5 Å². The summed E-state index contributed by atoms with van der Waals surface area (Å²) in [5.41, 5.74) is 3.62. The number of carbonyl (C=O) groups excluding carboxylic acids is 2. The Kier molecular flexibility index (Phi) is 9.82. The van der Waals surface area contributed by atoms with Gasteiger partial charge in [-0.1, -0.05) is 46.6 Å². The van der Waals surface area contributed by atoms with Gasteiger partial charge in [-0.3, -0.25) is 4.79 Å². The molecule has 7 rings (SSSR count). The number of hydrogen-bond donors (Lipinski definition) is 1. The van der Waals surface area contributed by atoms with E-state index in [0.29, 0.717) is 42.5 Å². The van der Waals surface area contributed by atoms with Gasteiger partial charge in [0.15, 0.2) is 0 Å². The number of benzene rings is 3. The molecule has 1 saturated carbocycles. The van der Waals surface area contributed by atoms with E-state index in [1.807, 2.05) is 37.3 Å². The predicted octanol–water partition coefficient (Wildman–Crippen LogP) is 7.87. The van der Waals surface area contributed by atoms with Gasteiger partial charge < -0.3 is 14.4 Å². The molecule has 2 heterocycles. The number of anilines is 1. The van der Waals surface area contributed by atoms with Crippen molar-refractivity contribution in [2.24, 2.45) is 17.8 Å². The van der Waals surface area contributed by atoms with Crippen molar-refractivity contribution >= 4 is 55.1 Å². The molecule has 2 aliphatic heterocycles. The van der Waals surface area contributed by atoms with Crippen LogP contribution in [-0.4, -0.2) is 51.3 Å². The van der Waals surface area contributed by atoms with Crippen molar-refractivity contribution in [2.75, 3.05) is 24.6 Å². The number of sulfonamides is 1. The molecule has 3 aromatic rings. The molecule has 1 N–H and O–H groups in total. The first-order chi connectivity index (χ1) is 23.9. The Morgan fingerprint density at radius 2 is 1.88 bits per heavy atom. The van der Waals surface area contributed by atoms with Gasteiger partial charge in [-0.25, -0.2) is 17.9 Å². The van der Waals surface area contributed by atoms with Gasteiger partial charge in [0.1, 0.15) is 11.9 Å². The highest BCUT2D eigenvalue weighted by atomic mass is 79.9. The standard InChI is InChI=1S/C39H42BrClN2O6S/c1-24-5-3-7-35(49-38(45)26-8-12-30(40)13-9-26)32-15-10-29(32)21-43-22-39(18-4-6-27-19-31(41)14-16-33(27)39)23-48-36-17-11-28(20-34(36)43)37(44)42-50(46,47)25(24)2/h3,7-9,11-14,16-17,19-20,24-25,29,32,35H,4-6,10,15,18,21-23H2,1-2H3,(H,42,44)/b7-3+/t24-,25+,29-,32+,35-,39-/m0/s1. The topological polar surface area (TPSA) is 102 Å². The highest BCUT2D eigenvalue weighted by molar-refractivity contribution is 9.10. The second-order valence-corrected chi connectivity index (χ2v) is 17.9. The summed E-state index contributed by atoms with van der Waals surface area (Å²) in [4.78, 5) is 29.3. The average Bonchev–Trinajstić information content (AvgIpc) is 3.22. The zero-order valence-electron chi connectivity index (χ0n) is 28.2. The lowest BCUT2D eigenvalue weighted by molar-refractivity contribution is -0.00207. The largest absolute Gasteiger partial charge is 0.490 e. The van der Waals surface area contributed by atoms with Crippen molar-refractivity contribution in [1.29, 1.82) is 0 Å². The van der Waals surface area contributed by atoms with Gasteiger partial charge >= 0.3 is 5.97 Å². The minimum Gasteiger partial charge on any atom is -0.490 e. The fourth-order valence-electron chi connectivity index (χ4n) is 8.05. The number of fused-ring (bicyclic) bond motifs is 4. The Hall–Kier alpha value is -3.34. The quantitative estimate of drug-likeness (QED) is 0.209. The van der Waals surface area contributed by atoms with E-state index in [4.69, 9.17) is 21.1 Å². The van der Waals surface area contributed by atoms with E-state index in [9.17, 15) is 18.0 Å². The summed E-state index contributed by atoms with van der Waals surface area (Å²) in [7, 11) is -4.00. The highest BCUT2D eigenvalue weighted by Crippen LogP contribution is 2.47. The third-order valence-electron chi connectivity index (χ3n) is 11.3. The summed E-state index contributed by atoms with van der Waals surface area (Å²) < 4.78 is 42.9. The predicted molar refractivity (Wildman–Crippen MR) is 199 cm³/mol. The molecule has 0 saturated heterocycles. The molecule has 50 heavy (non-hydrogen) atoms. The Labute approximate surface area is 307 Å². The first-order valence-corrected chi connectivity index (χ1v) is 20.1. The van der Waals surface area contributed by atoms with Crippen LogP contribution in [0.1, 0.15) is 77.8 Å². The highest BCUT2D eigenvalue weighted by Gasteiger charge is 2.45. The van der Waals surface area contributed by atoms with Gasteiger partial charge in [-0.2, -0.15) is 0 Å². The van der Waals surface area contributed by atoms with Crippen molar-refractivity contribution < 1.29 is 27.5 Å². The number of nitrogens with one attached hydrogen (secondary N) is 1. The van der Waals surface area contributed by atoms with Crippen LogP contribution in [0, 0.1) is 17.8 Å². The van der Waals surface area contributed by atoms with Gasteiger partial charge in [0.05, 0.1) is 23.1 Å². The number of allylic oxidation sites excluding steroid dienone is 1. The molecule has 8 nitrogen and oxygen atoms in total. The maximum absolute atomic E-state index is 13.5. The molecule has 0 unspecified atom stereocenters. The number of ether oxygens (including phenoxy) is 2. The van der Waals surface area contributed by atoms with Crippen LogP contribution in [0.3, 0.4) is 0 Å². The normalized spacial score (nSPS) is 29.6. The van der Waals surface area contributed by atoms with Gasteiger partial charge in [-0.05, 0) is 129 Å². The number of halogens is 2. The second kappa shape index (κ2) is 14.0. The van der Waals surface area contributed by atoms with Gasteiger partial charge in [0.25, 0.3) is 5.91 Å². The van der Waals surface area contributed by atoms with Crippen LogP contribution < -0.4 is 14.4 Å². The molecule has 1 fully saturated rings. The first kappa shape index (κ1) is 35.1. The Morgan fingerprint density at radius 3 is 2.64 bits per heavy atom. The number of rotatable bonds is 2. The number of carbonyl (C=O) groups is 2. The lowest BCUT2D eigenvalue weighted by atomic mass is 9.68. The molecule has 3 aromatic carbocycles. The van der Waals surface area contributed by atoms with Gasteiger partial charge in [0.2, 0.25) is 10.0 Å². The minimum absolute atomic E-state index is 0.0579. The minimum atomic E-state index is -4.00. The van der Waals surface area contributed by atoms with Crippen LogP contribution in [0.4, 0.5) is 5.69 Å². The van der Waals surface area contributed by atoms with E-state index in [-0.39, 0.29) is 28.7 Å². The number of amides is 1. The van der Waals surface area contributed by atoms with E-state index in [1.165, 1.54) is 11.1 Å². The summed E-state index contributed by atoms with van der Waals surface area (Å²) in [5.74, 6) is -0.450. The van der Waals surface area contributed by atoms with Crippen LogP contribution in [0.5, 0.6) is 5.75 Å². The summed E-state index contributed by atoms with van der Waals surface area (Å²) in [6.45, 7) is 5.23. The van der Waals surface area contributed by atoms with Crippen molar-refractivity contribution in [3.05, 3.63) is 105 Å². The molecule has 0 radical (unpaired) electrons. The zero-order valence-corrected chi connectivity index (χ0v) is 31.4. The van der Waals surface area contributed by atoms with Crippen molar-refractivity contribution in [1.82, 2.24) is 4.72 Å². The summed E-state index contributed by atoms with van der Waals surface area (Å²) in [5, 5.41) is -0.128.